The zero-order chi connectivity index (χ0) is 16.0. The number of guanidine groups is 1. The van der Waals surface area contributed by atoms with Gasteiger partial charge in [-0.25, -0.2) is 4.39 Å². The fourth-order valence-electron chi connectivity index (χ4n) is 2.43. The van der Waals surface area contributed by atoms with Crippen molar-refractivity contribution < 1.29 is 4.39 Å². The van der Waals surface area contributed by atoms with Crippen molar-refractivity contribution in [3.63, 3.8) is 0 Å². The Kier molecular flexibility index (Phi) is 8.12. The van der Waals surface area contributed by atoms with E-state index >= 15 is 0 Å². The van der Waals surface area contributed by atoms with Gasteiger partial charge in [-0.1, -0.05) is 0 Å². The van der Waals surface area contributed by atoms with Gasteiger partial charge >= 0.3 is 0 Å². The first-order valence-corrected chi connectivity index (χ1v) is 8.32. The Morgan fingerprint density at radius 2 is 2.26 bits per heavy atom. The molecule has 0 aromatic heterocycles. The third-order valence-electron chi connectivity index (χ3n) is 3.77. The fraction of sp³-hybridized carbons (Fsp3) is 0.500. The van der Waals surface area contributed by atoms with Crippen LogP contribution in [0.25, 0.3) is 0 Å². The van der Waals surface area contributed by atoms with Gasteiger partial charge in [-0.2, -0.15) is 17.0 Å². The highest BCUT2D eigenvalue weighted by Crippen LogP contribution is 2.36. The largest absolute Gasteiger partial charge is 0.355 e. The lowest BCUT2D eigenvalue weighted by atomic mass is 10.1. The van der Waals surface area contributed by atoms with Crippen LogP contribution in [0.4, 0.5) is 4.39 Å². The van der Waals surface area contributed by atoms with Crippen molar-refractivity contribution in [2.75, 3.05) is 19.3 Å². The fourth-order valence-corrected chi connectivity index (χ4v) is 3.67. The van der Waals surface area contributed by atoms with Gasteiger partial charge in [-0.05, 0) is 43.7 Å². The molecule has 0 amide bonds. The molecular weight excluding hydrogens is 426 g/mol. The minimum Gasteiger partial charge on any atom is -0.355 e. The van der Waals surface area contributed by atoms with Crippen LogP contribution in [-0.2, 0) is 6.54 Å². The Balaban J connectivity index is 0.00000264. The number of rotatable bonds is 4. The molecule has 7 heteroatoms. The van der Waals surface area contributed by atoms with Gasteiger partial charge in [0, 0.05) is 30.4 Å². The first-order chi connectivity index (χ1) is 10.6. The Hall–Kier alpha value is -1.01. The summed E-state index contributed by atoms with van der Waals surface area (Å²) in [6.07, 6.45) is 2.45. The van der Waals surface area contributed by atoms with E-state index in [9.17, 15) is 4.39 Å². The molecule has 0 saturated carbocycles. The quantitative estimate of drug-likeness (QED) is 0.422. The molecule has 2 rings (SSSR count). The van der Waals surface area contributed by atoms with Crippen molar-refractivity contribution >= 4 is 41.7 Å². The summed E-state index contributed by atoms with van der Waals surface area (Å²) in [7, 11) is 1.70. The third kappa shape index (κ3) is 5.84. The predicted molar refractivity (Wildman–Crippen MR) is 105 cm³/mol. The lowest BCUT2D eigenvalue weighted by Crippen LogP contribution is -2.43. The van der Waals surface area contributed by atoms with E-state index in [1.165, 1.54) is 30.7 Å². The average molecular weight is 448 g/mol. The Morgan fingerprint density at radius 1 is 1.48 bits per heavy atom. The van der Waals surface area contributed by atoms with Gasteiger partial charge in [0.05, 0.1) is 11.6 Å². The van der Waals surface area contributed by atoms with Crippen molar-refractivity contribution in [2.24, 2.45) is 4.99 Å². The zero-order valence-electron chi connectivity index (χ0n) is 13.4. The summed E-state index contributed by atoms with van der Waals surface area (Å²) in [6.45, 7) is 3.38. The molecule has 1 aliphatic heterocycles. The zero-order valence-corrected chi connectivity index (χ0v) is 16.5. The predicted octanol–water partition coefficient (Wildman–Crippen LogP) is 3.27. The van der Waals surface area contributed by atoms with Crippen LogP contribution in [0.5, 0.6) is 0 Å². The number of hydrogen-bond acceptors (Lipinski definition) is 3. The molecule has 0 bridgehead atoms. The smallest absolute Gasteiger partial charge is 0.191 e. The van der Waals surface area contributed by atoms with Gasteiger partial charge in [-0.3, -0.25) is 4.99 Å². The van der Waals surface area contributed by atoms with Crippen LogP contribution in [0.2, 0.25) is 0 Å². The number of nitrogens with zero attached hydrogens (tertiary/aromatic N) is 2. The third-order valence-corrected chi connectivity index (χ3v) is 5.31. The standard InChI is InChI=1S/C16H21FN4S.HI/c1-16(6-3-7-22-16)11-21-15(19-2)20-10-13-8-12(9-18)4-5-14(13)17;/h4-5,8H,3,6-7,10-11H2,1-2H3,(H2,19,20,21);1H. The topological polar surface area (TPSA) is 60.2 Å². The van der Waals surface area contributed by atoms with Crippen molar-refractivity contribution in [3.05, 3.63) is 35.1 Å². The van der Waals surface area contributed by atoms with Crippen molar-refractivity contribution in [2.45, 2.75) is 31.1 Å². The van der Waals surface area contributed by atoms with Crippen molar-refractivity contribution in [1.29, 1.82) is 5.26 Å². The lowest BCUT2D eigenvalue weighted by Gasteiger charge is -2.24. The van der Waals surface area contributed by atoms with Crippen LogP contribution < -0.4 is 10.6 Å². The van der Waals surface area contributed by atoms with Gasteiger partial charge in [-0.15, -0.1) is 24.0 Å². The number of benzene rings is 1. The number of thioether (sulfide) groups is 1. The summed E-state index contributed by atoms with van der Waals surface area (Å²) in [5.74, 6) is 1.53. The van der Waals surface area contributed by atoms with Crippen molar-refractivity contribution in [1.82, 2.24) is 10.6 Å². The normalized spacial score (nSPS) is 20.5. The summed E-state index contributed by atoms with van der Waals surface area (Å²) < 4.78 is 14.0. The van der Waals surface area contributed by atoms with Gasteiger partial charge in [0.2, 0.25) is 0 Å². The molecule has 1 aromatic carbocycles. The van der Waals surface area contributed by atoms with E-state index in [1.54, 1.807) is 13.1 Å². The van der Waals surface area contributed by atoms with E-state index in [2.05, 4.69) is 22.5 Å². The van der Waals surface area contributed by atoms with Gasteiger partial charge in [0.15, 0.2) is 5.96 Å². The van der Waals surface area contributed by atoms with Crippen LogP contribution in [0.15, 0.2) is 23.2 Å². The van der Waals surface area contributed by atoms with E-state index in [1.807, 2.05) is 17.8 Å². The molecule has 23 heavy (non-hydrogen) atoms. The highest BCUT2D eigenvalue weighted by molar-refractivity contribution is 14.0. The molecule has 0 radical (unpaired) electrons. The van der Waals surface area contributed by atoms with E-state index in [-0.39, 0.29) is 34.5 Å². The SMILES string of the molecule is CN=C(NCc1cc(C#N)ccc1F)NCC1(C)CCCS1.I. The molecule has 126 valence electrons. The van der Waals surface area contributed by atoms with Gasteiger partial charge in [0.1, 0.15) is 5.82 Å². The molecule has 1 unspecified atom stereocenters. The molecule has 0 spiro atoms. The molecule has 1 heterocycles. The summed E-state index contributed by atoms with van der Waals surface area (Å²) in [5, 5.41) is 15.3. The Morgan fingerprint density at radius 3 is 2.87 bits per heavy atom. The van der Waals surface area contributed by atoms with Gasteiger partial charge in [0.25, 0.3) is 0 Å². The molecule has 2 N–H and O–H groups in total. The molecule has 0 aliphatic carbocycles. The minimum atomic E-state index is -0.319. The molecule has 4 nitrogen and oxygen atoms in total. The second-order valence-corrected chi connectivity index (χ2v) is 7.28. The van der Waals surface area contributed by atoms with E-state index < -0.39 is 0 Å². The van der Waals surface area contributed by atoms with E-state index in [0.717, 1.165) is 6.54 Å². The van der Waals surface area contributed by atoms with Crippen molar-refractivity contribution in [3.8, 4) is 6.07 Å². The number of nitriles is 1. The number of halogens is 2. The maximum atomic E-state index is 13.7. The first-order valence-electron chi connectivity index (χ1n) is 7.33. The summed E-state index contributed by atoms with van der Waals surface area (Å²) in [5.41, 5.74) is 0.916. The lowest BCUT2D eigenvalue weighted by molar-refractivity contribution is 0.581. The first kappa shape index (κ1) is 20.0. The molecule has 1 fully saturated rings. The molecule has 1 aromatic rings. The van der Waals surface area contributed by atoms with E-state index in [4.69, 9.17) is 5.26 Å². The highest BCUT2D eigenvalue weighted by Gasteiger charge is 2.29. The highest BCUT2D eigenvalue weighted by atomic mass is 127. The number of nitrogens with one attached hydrogen (secondary N) is 2. The monoisotopic (exact) mass is 448 g/mol. The van der Waals surface area contributed by atoms with Crippen LogP contribution >= 0.6 is 35.7 Å². The average Bonchev–Trinajstić information content (AvgIpc) is 2.96. The van der Waals surface area contributed by atoms with E-state index in [0.29, 0.717) is 23.6 Å². The van der Waals surface area contributed by atoms with Gasteiger partial charge < -0.3 is 10.6 Å². The van der Waals surface area contributed by atoms with Crippen LogP contribution in [0.3, 0.4) is 0 Å². The van der Waals surface area contributed by atoms with Crippen LogP contribution in [0, 0.1) is 17.1 Å². The molecule has 1 saturated heterocycles. The Bertz CT molecular complexity index is 594. The maximum absolute atomic E-state index is 13.7. The summed E-state index contributed by atoms with van der Waals surface area (Å²) in [6, 6.07) is 6.38. The maximum Gasteiger partial charge on any atom is 0.191 e. The van der Waals surface area contributed by atoms with Crippen LogP contribution in [0.1, 0.15) is 30.9 Å². The second-order valence-electron chi connectivity index (χ2n) is 5.60. The second kappa shape index (κ2) is 9.33. The van der Waals surface area contributed by atoms with Crippen LogP contribution in [-0.4, -0.2) is 30.1 Å². The number of aliphatic imine (C=N–C) groups is 1. The molecular formula is C16H22FIN4S. The molecule has 1 aliphatic rings. The Labute approximate surface area is 158 Å². The summed E-state index contributed by atoms with van der Waals surface area (Å²) in [4.78, 5) is 4.17. The minimum absolute atomic E-state index is 0. The molecule has 1 atom stereocenters. The number of hydrogen-bond donors (Lipinski definition) is 2. The summed E-state index contributed by atoms with van der Waals surface area (Å²) >= 11 is 1.98.